The largest absolute Gasteiger partial charge is 0.308 e. The van der Waals surface area contributed by atoms with E-state index in [9.17, 15) is 0 Å². The molecule has 2 rings (SSSR count). The van der Waals surface area contributed by atoms with E-state index < -0.39 is 0 Å². The second-order valence-corrected chi connectivity index (χ2v) is 7.59. The lowest BCUT2D eigenvalue weighted by atomic mass is 10.1. The molecule has 0 aliphatic carbocycles. The van der Waals surface area contributed by atoms with E-state index in [4.69, 9.17) is 11.6 Å². The number of halogens is 1. The van der Waals surface area contributed by atoms with Crippen molar-refractivity contribution in [2.24, 2.45) is 0 Å². The number of thioether (sulfide) groups is 1. The highest BCUT2D eigenvalue weighted by Crippen LogP contribution is 2.27. The van der Waals surface area contributed by atoms with Gasteiger partial charge in [0.15, 0.2) is 0 Å². The summed E-state index contributed by atoms with van der Waals surface area (Å²) in [5.41, 5.74) is 2.58. The van der Waals surface area contributed by atoms with Gasteiger partial charge in [-0.3, -0.25) is 0 Å². The van der Waals surface area contributed by atoms with Gasteiger partial charge >= 0.3 is 0 Å². The Hall–Kier alpha value is -0.960. The summed E-state index contributed by atoms with van der Waals surface area (Å²) in [6.45, 7) is 7.27. The molecule has 0 radical (unpaired) electrons. The first-order valence-corrected chi connectivity index (χ1v) is 8.50. The molecule has 0 spiro atoms. The Labute approximate surface area is 137 Å². The number of nitrogens with one attached hydrogen (secondary N) is 1. The molecule has 0 amide bonds. The molecule has 0 saturated carbocycles. The molecule has 0 aliphatic heterocycles. The minimum Gasteiger partial charge on any atom is -0.308 e. The van der Waals surface area contributed by atoms with Crippen LogP contribution in [0.2, 0.25) is 5.02 Å². The summed E-state index contributed by atoms with van der Waals surface area (Å²) in [5.74, 6) is 0.969. The molecule has 0 heterocycles. The van der Waals surface area contributed by atoms with E-state index in [1.807, 2.05) is 17.8 Å². The van der Waals surface area contributed by atoms with Gasteiger partial charge in [-0.05, 0) is 44.0 Å². The van der Waals surface area contributed by atoms with Crippen LogP contribution < -0.4 is 5.32 Å². The van der Waals surface area contributed by atoms with Crippen LogP contribution in [0.5, 0.6) is 0 Å². The Morgan fingerprint density at radius 1 is 1.05 bits per heavy atom. The quantitative estimate of drug-likeness (QED) is 0.728. The van der Waals surface area contributed by atoms with Gasteiger partial charge in [-0.25, -0.2) is 0 Å². The van der Waals surface area contributed by atoms with E-state index in [0.29, 0.717) is 0 Å². The third-order valence-electron chi connectivity index (χ3n) is 3.08. The summed E-state index contributed by atoms with van der Waals surface area (Å²) in [6, 6.07) is 16.8. The first-order chi connectivity index (χ1) is 9.94. The molecule has 1 N–H and O–H groups in total. The zero-order valence-electron chi connectivity index (χ0n) is 12.8. The molecule has 0 aromatic heterocycles. The third-order valence-corrected chi connectivity index (χ3v) is 4.50. The van der Waals surface area contributed by atoms with Crippen molar-refractivity contribution in [2.75, 3.05) is 0 Å². The second-order valence-electron chi connectivity index (χ2n) is 6.13. The molecule has 0 bridgehead atoms. The van der Waals surface area contributed by atoms with E-state index in [0.717, 1.165) is 22.9 Å². The fraction of sp³-hybridized carbons (Fsp3) is 0.333. The van der Waals surface area contributed by atoms with Crippen molar-refractivity contribution in [1.29, 1.82) is 0 Å². The maximum Gasteiger partial charge on any atom is 0.0462 e. The maximum atomic E-state index is 6.39. The summed E-state index contributed by atoms with van der Waals surface area (Å²) in [6.07, 6.45) is 0. The smallest absolute Gasteiger partial charge is 0.0462 e. The van der Waals surface area contributed by atoms with Gasteiger partial charge in [-0.15, -0.1) is 11.8 Å². The van der Waals surface area contributed by atoms with E-state index >= 15 is 0 Å². The van der Waals surface area contributed by atoms with Crippen molar-refractivity contribution in [3.8, 4) is 0 Å². The van der Waals surface area contributed by atoms with Crippen molar-refractivity contribution in [3.05, 3.63) is 64.7 Å². The predicted molar refractivity (Wildman–Crippen MR) is 94.0 cm³/mol. The van der Waals surface area contributed by atoms with Gasteiger partial charge in [-0.2, -0.15) is 0 Å². The zero-order chi connectivity index (χ0) is 15.3. The van der Waals surface area contributed by atoms with E-state index in [1.54, 1.807) is 0 Å². The summed E-state index contributed by atoms with van der Waals surface area (Å²) in [7, 11) is 0. The summed E-state index contributed by atoms with van der Waals surface area (Å²) >= 11 is 8.20. The first-order valence-electron chi connectivity index (χ1n) is 7.14. The summed E-state index contributed by atoms with van der Waals surface area (Å²) < 4.78 is 0. The highest BCUT2D eigenvalue weighted by atomic mass is 35.5. The lowest BCUT2D eigenvalue weighted by Crippen LogP contribution is -2.35. The minimum atomic E-state index is 0.101. The van der Waals surface area contributed by atoms with Crippen LogP contribution in [-0.2, 0) is 12.3 Å². The zero-order valence-corrected chi connectivity index (χ0v) is 14.4. The fourth-order valence-electron chi connectivity index (χ4n) is 1.86. The average Bonchev–Trinajstić information content (AvgIpc) is 2.44. The number of benzene rings is 2. The Morgan fingerprint density at radius 3 is 2.38 bits per heavy atom. The normalized spacial score (nSPS) is 11.6. The van der Waals surface area contributed by atoms with Crippen LogP contribution in [0.1, 0.15) is 31.9 Å². The fourth-order valence-corrected chi connectivity index (χ4v) is 3.07. The molecule has 21 heavy (non-hydrogen) atoms. The first kappa shape index (κ1) is 16.4. The van der Waals surface area contributed by atoms with Gasteiger partial charge in [0.1, 0.15) is 0 Å². The Kier molecular flexibility index (Phi) is 5.74. The second kappa shape index (κ2) is 7.35. The molecule has 0 aliphatic rings. The van der Waals surface area contributed by atoms with E-state index in [-0.39, 0.29) is 5.54 Å². The van der Waals surface area contributed by atoms with Gasteiger partial charge in [0, 0.05) is 27.8 Å². The minimum absolute atomic E-state index is 0.101. The highest BCUT2D eigenvalue weighted by Gasteiger charge is 2.10. The summed E-state index contributed by atoms with van der Waals surface area (Å²) in [5, 5.41) is 4.30. The number of hydrogen-bond donors (Lipinski definition) is 1. The van der Waals surface area contributed by atoms with Gasteiger partial charge in [0.2, 0.25) is 0 Å². The van der Waals surface area contributed by atoms with Gasteiger partial charge < -0.3 is 5.32 Å². The molecule has 0 saturated heterocycles. The van der Waals surface area contributed by atoms with Crippen LogP contribution in [0, 0.1) is 0 Å². The van der Waals surface area contributed by atoms with Crippen molar-refractivity contribution < 1.29 is 0 Å². The van der Waals surface area contributed by atoms with Crippen LogP contribution >= 0.6 is 23.4 Å². The Balaban J connectivity index is 1.95. The van der Waals surface area contributed by atoms with Crippen molar-refractivity contribution >= 4 is 23.4 Å². The Bertz CT molecular complexity index is 576. The topological polar surface area (TPSA) is 12.0 Å². The summed E-state index contributed by atoms with van der Waals surface area (Å²) in [4.78, 5) is 1.21. The highest BCUT2D eigenvalue weighted by molar-refractivity contribution is 7.98. The molecule has 3 heteroatoms. The lowest BCUT2D eigenvalue weighted by Gasteiger charge is -2.21. The average molecular weight is 320 g/mol. The molecular weight excluding hydrogens is 298 g/mol. The number of rotatable bonds is 5. The third kappa shape index (κ3) is 5.74. The predicted octanol–water partition coefficient (Wildman–Crippen LogP) is 5.52. The number of hydrogen-bond acceptors (Lipinski definition) is 2. The van der Waals surface area contributed by atoms with Crippen LogP contribution in [0.3, 0.4) is 0 Å². The molecule has 1 nitrogen and oxygen atoms in total. The van der Waals surface area contributed by atoms with Crippen LogP contribution in [-0.4, -0.2) is 5.54 Å². The monoisotopic (exact) mass is 319 g/mol. The molecular formula is C18H22ClNS. The molecule has 0 unspecified atom stereocenters. The molecule has 2 aromatic carbocycles. The van der Waals surface area contributed by atoms with Gasteiger partial charge in [0.05, 0.1) is 0 Å². The standard InChI is InChI=1S/C18H22ClNS/c1-18(2,3)20-12-15-9-10-16(11-17(15)19)21-13-14-7-5-4-6-8-14/h4-11,20H,12-13H2,1-3H3. The Morgan fingerprint density at radius 2 is 1.76 bits per heavy atom. The van der Waals surface area contributed by atoms with Crippen LogP contribution in [0.4, 0.5) is 0 Å². The van der Waals surface area contributed by atoms with Gasteiger partial charge in [-0.1, -0.05) is 48.0 Å². The van der Waals surface area contributed by atoms with E-state index in [1.165, 1.54) is 10.5 Å². The van der Waals surface area contributed by atoms with Crippen LogP contribution in [0.15, 0.2) is 53.4 Å². The van der Waals surface area contributed by atoms with Crippen molar-refractivity contribution in [2.45, 2.75) is 43.5 Å². The van der Waals surface area contributed by atoms with E-state index in [2.05, 4.69) is 68.6 Å². The molecule has 0 atom stereocenters. The van der Waals surface area contributed by atoms with Crippen molar-refractivity contribution in [1.82, 2.24) is 5.32 Å². The SMILES string of the molecule is CC(C)(C)NCc1ccc(SCc2ccccc2)cc1Cl. The molecule has 112 valence electrons. The van der Waals surface area contributed by atoms with Gasteiger partial charge in [0.25, 0.3) is 0 Å². The molecule has 2 aromatic rings. The van der Waals surface area contributed by atoms with Crippen LogP contribution in [0.25, 0.3) is 0 Å². The molecule has 0 fully saturated rings. The maximum absolute atomic E-state index is 6.39. The lowest BCUT2D eigenvalue weighted by molar-refractivity contribution is 0.424. The van der Waals surface area contributed by atoms with Crippen molar-refractivity contribution in [3.63, 3.8) is 0 Å².